The molecule has 152 valence electrons. The van der Waals surface area contributed by atoms with Gasteiger partial charge in [0, 0.05) is 52.6 Å². The molecule has 0 amide bonds. The molecule has 0 aliphatic heterocycles. The highest BCUT2D eigenvalue weighted by molar-refractivity contribution is 7.41. The standard InChI is InChI=1S/C17H39NO5P2/c1-10-16(19-6,20-7)24-12(3)15(23-14(5)18)13(4)25-17(11-2,21-8)22-9/h12-15,24-25H,10-11,18H2,1-9H3. The summed E-state index contributed by atoms with van der Waals surface area (Å²) in [4.78, 5) is 0. The minimum Gasteiger partial charge on any atom is -0.359 e. The summed E-state index contributed by atoms with van der Waals surface area (Å²) >= 11 is 0. The molecule has 0 aliphatic rings. The van der Waals surface area contributed by atoms with Gasteiger partial charge in [-0.1, -0.05) is 44.9 Å². The quantitative estimate of drug-likeness (QED) is 0.356. The third kappa shape index (κ3) is 7.63. The second kappa shape index (κ2) is 12.2. The third-order valence-electron chi connectivity index (χ3n) is 4.50. The zero-order chi connectivity index (χ0) is 19.7. The molecule has 0 rings (SSSR count). The van der Waals surface area contributed by atoms with E-state index < -0.39 is 11.1 Å². The fraction of sp³-hybridized carbons (Fsp3) is 1.00. The van der Waals surface area contributed by atoms with Crippen LogP contribution in [0.25, 0.3) is 0 Å². The zero-order valence-electron chi connectivity index (χ0n) is 17.3. The Morgan fingerprint density at radius 1 is 0.760 bits per heavy atom. The normalized spacial score (nSPS) is 19.0. The van der Waals surface area contributed by atoms with E-state index in [0.29, 0.717) is 17.2 Å². The lowest BCUT2D eigenvalue weighted by Gasteiger charge is -2.40. The molecule has 0 aromatic carbocycles. The van der Waals surface area contributed by atoms with Crippen LogP contribution in [-0.4, -0.2) is 63.1 Å². The summed E-state index contributed by atoms with van der Waals surface area (Å²) in [5.74, 6) is 0. The molecular formula is C17H39NO5P2. The number of hydrogen-bond acceptors (Lipinski definition) is 6. The van der Waals surface area contributed by atoms with Crippen molar-refractivity contribution in [3.63, 3.8) is 0 Å². The van der Waals surface area contributed by atoms with Crippen LogP contribution in [0.4, 0.5) is 0 Å². The van der Waals surface area contributed by atoms with E-state index in [-0.39, 0.29) is 23.6 Å². The first-order valence-corrected chi connectivity index (χ1v) is 11.0. The van der Waals surface area contributed by atoms with Gasteiger partial charge >= 0.3 is 0 Å². The molecule has 0 aromatic heterocycles. The van der Waals surface area contributed by atoms with Crippen molar-refractivity contribution in [2.45, 2.75) is 82.2 Å². The first kappa shape index (κ1) is 25.6. The van der Waals surface area contributed by atoms with E-state index in [1.165, 1.54) is 0 Å². The monoisotopic (exact) mass is 399 g/mol. The Morgan fingerprint density at radius 3 is 1.28 bits per heavy atom. The van der Waals surface area contributed by atoms with Crippen LogP contribution < -0.4 is 5.73 Å². The molecule has 0 aliphatic carbocycles. The molecule has 2 N–H and O–H groups in total. The van der Waals surface area contributed by atoms with Gasteiger partial charge in [-0.3, -0.25) is 0 Å². The van der Waals surface area contributed by atoms with Gasteiger partial charge in [0.1, 0.15) is 6.23 Å². The highest BCUT2D eigenvalue weighted by Gasteiger charge is 2.39. The van der Waals surface area contributed by atoms with E-state index in [1.807, 2.05) is 6.92 Å². The van der Waals surface area contributed by atoms with Crippen LogP contribution in [-0.2, 0) is 23.7 Å². The molecule has 0 saturated heterocycles. The minimum atomic E-state index is -0.577. The van der Waals surface area contributed by atoms with Crippen LogP contribution in [0.5, 0.6) is 0 Å². The van der Waals surface area contributed by atoms with E-state index in [1.54, 1.807) is 28.4 Å². The predicted molar refractivity (Wildman–Crippen MR) is 108 cm³/mol. The summed E-state index contributed by atoms with van der Waals surface area (Å²) < 4.78 is 28.8. The number of ether oxygens (including phenoxy) is 5. The van der Waals surface area contributed by atoms with Gasteiger partial charge in [0.2, 0.25) is 0 Å². The zero-order valence-corrected chi connectivity index (χ0v) is 19.3. The first-order chi connectivity index (χ1) is 11.7. The van der Waals surface area contributed by atoms with Crippen molar-refractivity contribution in [3.8, 4) is 0 Å². The number of methoxy groups -OCH3 is 4. The lowest BCUT2D eigenvalue weighted by atomic mass is 10.2. The van der Waals surface area contributed by atoms with Gasteiger partial charge < -0.3 is 29.4 Å². The average molecular weight is 399 g/mol. The lowest BCUT2D eigenvalue weighted by Crippen LogP contribution is -2.42. The van der Waals surface area contributed by atoms with Crippen molar-refractivity contribution in [3.05, 3.63) is 0 Å². The van der Waals surface area contributed by atoms with Gasteiger partial charge in [0.05, 0.1) is 6.10 Å². The maximum Gasteiger partial charge on any atom is 0.183 e. The molecule has 6 nitrogen and oxygen atoms in total. The number of hydrogen-bond donors (Lipinski definition) is 1. The molecule has 0 radical (unpaired) electrons. The lowest BCUT2D eigenvalue weighted by molar-refractivity contribution is -0.140. The maximum atomic E-state index is 6.10. The van der Waals surface area contributed by atoms with Gasteiger partial charge in [-0.2, -0.15) is 0 Å². The van der Waals surface area contributed by atoms with Crippen molar-refractivity contribution >= 4 is 17.2 Å². The summed E-state index contributed by atoms with van der Waals surface area (Å²) in [5, 5.41) is 0. The van der Waals surface area contributed by atoms with Crippen molar-refractivity contribution < 1.29 is 23.7 Å². The Labute approximate surface area is 157 Å². The van der Waals surface area contributed by atoms with Crippen molar-refractivity contribution in [2.75, 3.05) is 28.4 Å². The Morgan fingerprint density at radius 2 is 1.08 bits per heavy atom. The number of rotatable bonds is 14. The van der Waals surface area contributed by atoms with E-state index in [0.717, 1.165) is 12.8 Å². The Hall–Kier alpha value is 0.620. The molecular weight excluding hydrogens is 360 g/mol. The molecule has 5 unspecified atom stereocenters. The van der Waals surface area contributed by atoms with Crippen LogP contribution in [0.3, 0.4) is 0 Å². The Kier molecular flexibility index (Phi) is 12.5. The van der Waals surface area contributed by atoms with E-state index in [4.69, 9.17) is 29.4 Å². The van der Waals surface area contributed by atoms with E-state index >= 15 is 0 Å². The topological polar surface area (TPSA) is 72.2 Å². The fourth-order valence-corrected chi connectivity index (χ4v) is 6.48. The second-order valence-corrected chi connectivity index (χ2v) is 10.1. The molecule has 0 bridgehead atoms. The molecule has 0 spiro atoms. The second-order valence-electron chi connectivity index (χ2n) is 6.20. The van der Waals surface area contributed by atoms with Crippen LogP contribution in [0.15, 0.2) is 0 Å². The van der Waals surface area contributed by atoms with Crippen LogP contribution in [0, 0.1) is 0 Å². The van der Waals surface area contributed by atoms with Gasteiger partial charge in [0.25, 0.3) is 0 Å². The molecule has 25 heavy (non-hydrogen) atoms. The third-order valence-corrected chi connectivity index (χ3v) is 8.47. The highest BCUT2D eigenvalue weighted by atomic mass is 31.1. The minimum absolute atomic E-state index is 0.0379. The molecule has 0 saturated carbocycles. The first-order valence-electron chi connectivity index (χ1n) is 8.85. The largest absolute Gasteiger partial charge is 0.359 e. The molecule has 0 aromatic rings. The summed E-state index contributed by atoms with van der Waals surface area (Å²) in [6.45, 7) is 10.3. The summed E-state index contributed by atoms with van der Waals surface area (Å²) in [6, 6.07) is 0. The van der Waals surface area contributed by atoms with Crippen LogP contribution >= 0.6 is 17.2 Å². The molecule has 5 atom stereocenters. The summed E-state index contributed by atoms with van der Waals surface area (Å²) in [7, 11) is 7.62. The molecule has 0 heterocycles. The number of nitrogens with two attached hydrogens (primary N) is 1. The fourth-order valence-electron chi connectivity index (χ4n) is 2.96. The van der Waals surface area contributed by atoms with Crippen LogP contribution in [0.2, 0.25) is 0 Å². The van der Waals surface area contributed by atoms with Gasteiger partial charge in [-0.25, -0.2) is 0 Å². The van der Waals surface area contributed by atoms with E-state index in [2.05, 4.69) is 27.7 Å². The molecule has 8 heteroatoms. The van der Waals surface area contributed by atoms with Crippen molar-refractivity contribution in [1.29, 1.82) is 0 Å². The smallest absolute Gasteiger partial charge is 0.183 e. The van der Waals surface area contributed by atoms with Crippen LogP contribution in [0.1, 0.15) is 47.5 Å². The summed E-state index contributed by atoms with van der Waals surface area (Å²) in [6.07, 6.45) is 1.18. The van der Waals surface area contributed by atoms with Crippen molar-refractivity contribution in [1.82, 2.24) is 0 Å². The van der Waals surface area contributed by atoms with Gasteiger partial charge in [-0.15, -0.1) is 0 Å². The van der Waals surface area contributed by atoms with E-state index in [9.17, 15) is 0 Å². The SMILES string of the molecule is CCC(OC)(OC)PC(C)C(OC(C)N)C(C)PC(CC)(OC)OC. The van der Waals surface area contributed by atoms with Gasteiger partial charge in [-0.05, 0) is 6.92 Å². The van der Waals surface area contributed by atoms with Crippen molar-refractivity contribution in [2.24, 2.45) is 5.73 Å². The predicted octanol–water partition coefficient (Wildman–Crippen LogP) is 3.52. The highest BCUT2D eigenvalue weighted by Crippen LogP contribution is 2.47. The Balaban J connectivity index is 5.33. The average Bonchev–Trinajstić information content (AvgIpc) is 2.62. The van der Waals surface area contributed by atoms with Gasteiger partial charge in [0.15, 0.2) is 11.1 Å². The maximum absolute atomic E-state index is 6.10. The Bertz CT molecular complexity index is 307. The summed E-state index contributed by atoms with van der Waals surface area (Å²) in [5.41, 5.74) is 5.23. The molecule has 0 fully saturated rings.